The van der Waals surface area contributed by atoms with E-state index < -0.39 is 0 Å². The lowest BCUT2D eigenvalue weighted by Crippen LogP contribution is -2.26. The van der Waals surface area contributed by atoms with Gasteiger partial charge in [-0.15, -0.1) is 0 Å². The molecule has 5 heteroatoms. The molecule has 128 valence electrons. The van der Waals surface area contributed by atoms with Gasteiger partial charge in [-0.2, -0.15) is 0 Å². The summed E-state index contributed by atoms with van der Waals surface area (Å²) in [5, 5.41) is 2.60. The second-order valence-electron chi connectivity index (χ2n) is 6.22. The van der Waals surface area contributed by atoms with E-state index in [1.165, 1.54) is 0 Å². The monoisotopic (exact) mass is 327 g/mol. The van der Waals surface area contributed by atoms with Crippen LogP contribution in [-0.2, 0) is 13.6 Å². The predicted octanol–water partition coefficient (Wildman–Crippen LogP) is 2.32. The molecule has 1 heterocycles. The van der Waals surface area contributed by atoms with Crippen LogP contribution in [0.3, 0.4) is 0 Å². The van der Waals surface area contributed by atoms with Crippen LogP contribution in [0.5, 0.6) is 0 Å². The summed E-state index contributed by atoms with van der Waals surface area (Å²) in [6, 6.07) is 9.39. The van der Waals surface area contributed by atoms with Crippen molar-refractivity contribution in [1.82, 2.24) is 14.8 Å². The third kappa shape index (κ3) is 3.92. The Balaban J connectivity index is 1.99. The first-order valence-electron chi connectivity index (χ1n) is 7.99. The van der Waals surface area contributed by atoms with Gasteiger partial charge in [0.25, 0.3) is 5.91 Å². The molecule has 24 heavy (non-hydrogen) atoms. The molecule has 1 aromatic heterocycles. The van der Waals surface area contributed by atoms with Crippen LogP contribution in [0.15, 0.2) is 30.3 Å². The molecule has 1 amide bonds. The highest BCUT2D eigenvalue weighted by Gasteiger charge is 2.16. The number of carbonyl (C=O) groups is 2. The molecule has 5 nitrogen and oxygen atoms in total. The average Bonchev–Trinajstić information content (AvgIpc) is 2.82. The van der Waals surface area contributed by atoms with Crippen LogP contribution < -0.4 is 5.32 Å². The van der Waals surface area contributed by atoms with E-state index >= 15 is 0 Å². The molecule has 0 aliphatic carbocycles. The fourth-order valence-corrected chi connectivity index (χ4v) is 2.74. The summed E-state index contributed by atoms with van der Waals surface area (Å²) in [5.41, 5.74) is 4.58. The molecule has 0 aliphatic heterocycles. The Hall–Kier alpha value is -2.40. The van der Waals surface area contributed by atoms with Crippen molar-refractivity contribution in [2.24, 2.45) is 7.05 Å². The maximum absolute atomic E-state index is 12.5. The zero-order valence-electron chi connectivity index (χ0n) is 15.0. The van der Waals surface area contributed by atoms with Crippen molar-refractivity contribution in [2.75, 3.05) is 20.6 Å². The Morgan fingerprint density at radius 3 is 2.29 bits per heavy atom. The van der Waals surface area contributed by atoms with E-state index in [1.807, 2.05) is 55.6 Å². The number of benzene rings is 1. The molecule has 0 saturated heterocycles. The summed E-state index contributed by atoms with van der Waals surface area (Å²) in [6.07, 6.45) is 0. The van der Waals surface area contributed by atoms with Crippen molar-refractivity contribution >= 4 is 11.7 Å². The first-order chi connectivity index (χ1) is 11.3. The van der Waals surface area contributed by atoms with Gasteiger partial charge in [-0.05, 0) is 44.7 Å². The number of Topliss-reactive ketones (excluding diaryl/α,β-unsaturated/α-hetero) is 1. The maximum atomic E-state index is 12.5. The molecule has 0 radical (unpaired) electrons. The van der Waals surface area contributed by atoms with Crippen molar-refractivity contribution in [1.29, 1.82) is 0 Å². The first-order valence-corrected chi connectivity index (χ1v) is 7.99. The van der Waals surface area contributed by atoms with E-state index in [0.29, 0.717) is 18.7 Å². The number of nitrogens with one attached hydrogen (secondary N) is 1. The SMILES string of the molecule is CNC(=O)c1ccc(CN(C)CC(=O)c2cc(C)n(C)c2C)cc1. The van der Waals surface area contributed by atoms with Crippen molar-refractivity contribution in [2.45, 2.75) is 20.4 Å². The second-order valence-corrected chi connectivity index (χ2v) is 6.22. The minimum absolute atomic E-state index is 0.0972. The van der Waals surface area contributed by atoms with Gasteiger partial charge in [-0.1, -0.05) is 12.1 Å². The molecular weight excluding hydrogens is 302 g/mol. The minimum Gasteiger partial charge on any atom is -0.355 e. The minimum atomic E-state index is -0.0972. The number of rotatable bonds is 6. The molecule has 0 unspecified atom stereocenters. The van der Waals surface area contributed by atoms with Crippen molar-refractivity contribution in [3.63, 3.8) is 0 Å². The van der Waals surface area contributed by atoms with Crippen LogP contribution in [0.1, 0.15) is 37.7 Å². The van der Waals surface area contributed by atoms with Gasteiger partial charge < -0.3 is 9.88 Å². The molecule has 0 fully saturated rings. The lowest BCUT2D eigenvalue weighted by atomic mass is 10.1. The number of likely N-dealkylation sites (N-methyl/N-ethyl adjacent to an activating group) is 1. The fourth-order valence-electron chi connectivity index (χ4n) is 2.74. The van der Waals surface area contributed by atoms with Crippen LogP contribution in [0.25, 0.3) is 0 Å². The maximum Gasteiger partial charge on any atom is 0.251 e. The Morgan fingerprint density at radius 2 is 1.79 bits per heavy atom. The molecule has 0 atom stereocenters. The molecule has 0 spiro atoms. The van der Waals surface area contributed by atoms with Crippen molar-refractivity contribution < 1.29 is 9.59 Å². The number of ketones is 1. The molecule has 1 N–H and O–H groups in total. The van der Waals surface area contributed by atoms with Crippen LogP contribution in [0, 0.1) is 13.8 Å². The van der Waals surface area contributed by atoms with E-state index in [9.17, 15) is 9.59 Å². The lowest BCUT2D eigenvalue weighted by molar-refractivity contribution is 0.0940. The smallest absolute Gasteiger partial charge is 0.251 e. The summed E-state index contributed by atoms with van der Waals surface area (Å²) >= 11 is 0. The number of hydrogen-bond donors (Lipinski definition) is 1. The summed E-state index contributed by atoms with van der Waals surface area (Å²) in [4.78, 5) is 26.0. The Kier molecular flexibility index (Phi) is 5.57. The average molecular weight is 327 g/mol. The Bertz CT molecular complexity index is 745. The molecule has 2 aromatic rings. The van der Waals surface area contributed by atoms with Gasteiger partial charge in [-0.25, -0.2) is 0 Å². The van der Waals surface area contributed by atoms with Gasteiger partial charge in [-0.3, -0.25) is 14.5 Å². The van der Waals surface area contributed by atoms with E-state index in [2.05, 4.69) is 5.32 Å². The van der Waals surface area contributed by atoms with Gasteiger partial charge in [0.1, 0.15) is 0 Å². The highest BCUT2D eigenvalue weighted by Crippen LogP contribution is 2.15. The molecule has 1 aromatic carbocycles. The van der Waals surface area contributed by atoms with Gasteiger partial charge in [0.15, 0.2) is 5.78 Å². The number of nitrogens with zero attached hydrogens (tertiary/aromatic N) is 2. The number of carbonyl (C=O) groups excluding carboxylic acids is 2. The zero-order chi connectivity index (χ0) is 17.9. The molecule has 0 bridgehead atoms. The van der Waals surface area contributed by atoms with E-state index in [1.54, 1.807) is 19.2 Å². The third-order valence-electron chi connectivity index (χ3n) is 4.38. The summed E-state index contributed by atoms with van der Waals surface area (Å²) in [5.74, 6) is 0.0284. The number of hydrogen-bond acceptors (Lipinski definition) is 3. The third-order valence-corrected chi connectivity index (χ3v) is 4.38. The van der Waals surface area contributed by atoms with E-state index in [0.717, 1.165) is 22.5 Å². The predicted molar refractivity (Wildman–Crippen MR) is 95.4 cm³/mol. The first kappa shape index (κ1) is 17.9. The van der Waals surface area contributed by atoms with Crippen molar-refractivity contribution in [3.05, 3.63) is 58.4 Å². The normalized spacial score (nSPS) is 10.9. The van der Waals surface area contributed by atoms with Crippen molar-refractivity contribution in [3.8, 4) is 0 Å². The number of aryl methyl sites for hydroxylation is 1. The number of amides is 1. The molecule has 0 aliphatic rings. The van der Waals surface area contributed by atoms with E-state index in [4.69, 9.17) is 0 Å². The van der Waals surface area contributed by atoms with Crippen LogP contribution in [0.4, 0.5) is 0 Å². The summed E-state index contributed by atoms with van der Waals surface area (Å²) in [6.45, 7) is 4.99. The van der Waals surface area contributed by atoms with Gasteiger partial charge in [0.2, 0.25) is 0 Å². The second kappa shape index (κ2) is 7.45. The molecule has 2 rings (SSSR count). The Labute approximate surface area is 143 Å². The van der Waals surface area contributed by atoms with Crippen LogP contribution in [0.2, 0.25) is 0 Å². The number of aromatic nitrogens is 1. The Morgan fingerprint density at radius 1 is 1.17 bits per heavy atom. The van der Waals surface area contributed by atoms with E-state index in [-0.39, 0.29) is 11.7 Å². The summed E-state index contributed by atoms with van der Waals surface area (Å²) in [7, 11) is 5.51. The van der Waals surface area contributed by atoms with Gasteiger partial charge >= 0.3 is 0 Å². The fraction of sp³-hybridized carbons (Fsp3) is 0.368. The molecular formula is C19H25N3O2. The standard InChI is InChI=1S/C19H25N3O2/c1-13-10-17(14(2)22(13)5)18(23)12-21(4)11-15-6-8-16(9-7-15)19(24)20-3/h6-10H,11-12H2,1-5H3,(H,20,24). The van der Waals surface area contributed by atoms with Gasteiger partial charge in [0, 0.05) is 43.2 Å². The quantitative estimate of drug-likeness (QED) is 0.829. The summed E-state index contributed by atoms with van der Waals surface area (Å²) < 4.78 is 2.03. The largest absolute Gasteiger partial charge is 0.355 e. The highest BCUT2D eigenvalue weighted by molar-refractivity contribution is 5.99. The highest BCUT2D eigenvalue weighted by atomic mass is 16.1. The molecule has 0 saturated carbocycles. The van der Waals surface area contributed by atoms with Crippen LogP contribution in [-0.4, -0.2) is 41.8 Å². The zero-order valence-corrected chi connectivity index (χ0v) is 15.0. The topological polar surface area (TPSA) is 54.3 Å². The van der Waals surface area contributed by atoms with Crippen LogP contribution >= 0.6 is 0 Å². The lowest BCUT2D eigenvalue weighted by Gasteiger charge is -2.16. The van der Waals surface area contributed by atoms with Gasteiger partial charge in [0.05, 0.1) is 6.54 Å².